The standard InChI is InChI=1S/C16H21BrF3NO3S/c1-6-24-13(22)16(19,20)15(5,21-25(23)14(2,3)4)11-9-10(17)7-8-12(11)18/h7-9,21H,6H2,1-5H3/t15-,25-/m1/s1. The van der Waals surface area contributed by atoms with Gasteiger partial charge in [0.05, 0.1) is 6.61 Å². The first-order valence-electron chi connectivity index (χ1n) is 7.47. The van der Waals surface area contributed by atoms with Crippen molar-refractivity contribution in [3.05, 3.63) is 34.1 Å². The zero-order valence-corrected chi connectivity index (χ0v) is 17.0. The fourth-order valence-corrected chi connectivity index (χ4v) is 3.21. The predicted molar refractivity (Wildman–Crippen MR) is 94.1 cm³/mol. The van der Waals surface area contributed by atoms with Crippen molar-refractivity contribution in [2.75, 3.05) is 6.61 Å². The van der Waals surface area contributed by atoms with Gasteiger partial charge in [0.25, 0.3) is 0 Å². The van der Waals surface area contributed by atoms with Crippen molar-refractivity contribution in [1.29, 1.82) is 0 Å². The second-order valence-corrected chi connectivity index (χ2v) is 9.41. The molecule has 0 aliphatic rings. The van der Waals surface area contributed by atoms with Gasteiger partial charge in [-0.15, -0.1) is 4.72 Å². The van der Waals surface area contributed by atoms with E-state index in [1.165, 1.54) is 13.0 Å². The molecule has 0 bridgehead atoms. The largest absolute Gasteiger partial charge is 0.598 e. The molecule has 0 fully saturated rings. The van der Waals surface area contributed by atoms with Crippen LogP contribution in [0.3, 0.4) is 0 Å². The van der Waals surface area contributed by atoms with Gasteiger partial charge in [0.15, 0.2) is 5.54 Å². The molecule has 1 aromatic carbocycles. The van der Waals surface area contributed by atoms with Gasteiger partial charge in [0, 0.05) is 21.4 Å². The van der Waals surface area contributed by atoms with Crippen LogP contribution in [-0.2, 0) is 26.4 Å². The molecule has 0 radical (unpaired) electrons. The number of hydrogen-bond acceptors (Lipinski definition) is 4. The van der Waals surface area contributed by atoms with Gasteiger partial charge in [0.2, 0.25) is 0 Å². The topological polar surface area (TPSA) is 61.4 Å². The zero-order valence-electron chi connectivity index (χ0n) is 14.6. The van der Waals surface area contributed by atoms with Crippen LogP contribution in [-0.4, -0.2) is 27.8 Å². The maximum Gasteiger partial charge on any atom is 0.379 e. The second kappa shape index (κ2) is 7.85. The van der Waals surface area contributed by atoms with E-state index < -0.39 is 44.9 Å². The highest BCUT2D eigenvalue weighted by atomic mass is 79.9. The van der Waals surface area contributed by atoms with Crippen molar-refractivity contribution >= 4 is 33.3 Å². The Morgan fingerprint density at radius 1 is 1.32 bits per heavy atom. The summed E-state index contributed by atoms with van der Waals surface area (Å²) in [5.74, 6) is -6.96. The lowest BCUT2D eigenvalue weighted by Crippen LogP contribution is -2.62. The number of rotatable bonds is 6. The van der Waals surface area contributed by atoms with E-state index in [-0.39, 0.29) is 6.61 Å². The van der Waals surface area contributed by atoms with E-state index >= 15 is 0 Å². The predicted octanol–water partition coefficient (Wildman–Crippen LogP) is 4.05. The molecule has 1 aromatic rings. The average Bonchev–Trinajstić information content (AvgIpc) is 2.48. The number of carbonyl (C=O) groups excluding carboxylic acids is 1. The number of carbonyl (C=O) groups is 1. The molecule has 9 heteroatoms. The maximum atomic E-state index is 14.9. The summed E-state index contributed by atoms with van der Waals surface area (Å²) in [6.45, 7) is 6.74. The first kappa shape index (κ1) is 22.3. The number of alkyl halides is 2. The van der Waals surface area contributed by atoms with Crippen LogP contribution in [0.15, 0.2) is 22.7 Å². The van der Waals surface area contributed by atoms with Gasteiger partial charge in [-0.1, -0.05) is 15.9 Å². The fourth-order valence-electron chi connectivity index (χ4n) is 1.93. The molecule has 0 heterocycles. The molecule has 0 saturated carbocycles. The summed E-state index contributed by atoms with van der Waals surface area (Å²) in [7, 11) is 0. The summed E-state index contributed by atoms with van der Waals surface area (Å²) in [5.41, 5.74) is -3.09. The van der Waals surface area contributed by atoms with Crippen LogP contribution in [0, 0.1) is 5.82 Å². The van der Waals surface area contributed by atoms with Crippen LogP contribution in [0.1, 0.15) is 40.2 Å². The monoisotopic (exact) mass is 443 g/mol. The van der Waals surface area contributed by atoms with Gasteiger partial charge in [-0.25, -0.2) is 9.18 Å². The van der Waals surface area contributed by atoms with Crippen LogP contribution < -0.4 is 4.72 Å². The smallest absolute Gasteiger partial charge is 0.379 e. The molecule has 1 N–H and O–H groups in total. The number of nitrogens with one attached hydrogen (secondary N) is 1. The van der Waals surface area contributed by atoms with E-state index in [9.17, 15) is 22.5 Å². The fraction of sp³-hybridized carbons (Fsp3) is 0.562. The van der Waals surface area contributed by atoms with Gasteiger partial charge < -0.3 is 9.29 Å². The molecule has 0 aromatic heterocycles. The summed E-state index contributed by atoms with van der Waals surface area (Å²) in [6.07, 6.45) is 0. The number of benzene rings is 1. The Hall–Kier alpha value is -0.770. The van der Waals surface area contributed by atoms with E-state index in [1.54, 1.807) is 20.8 Å². The minimum atomic E-state index is -4.18. The van der Waals surface area contributed by atoms with Crippen LogP contribution in [0.4, 0.5) is 13.2 Å². The first-order valence-corrected chi connectivity index (χ1v) is 9.42. The summed E-state index contributed by atoms with van der Waals surface area (Å²) >= 11 is 1.09. The van der Waals surface area contributed by atoms with Gasteiger partial charge in [-0.2, -0.15) is 8.78 Å². The average molecular weight is 444 g/mol. The minimum absolute atomic E-state index is 0.270. The van der Waals surface area contributed by atoms with Crippen molar-refractivity contribution in [1.82, 2.24) is 4.72 Å². The highest BCUT2D eigenvalue weighted by Gasteiger charge is 2.62. The van der Waals surface area contributed by atoms with Gasteiger partial charge >= 0.3 is 11.9 Å². The highest BCUT2D eigenvalue weighted by molar-refractivity contribution is 9.10. The third kappa shape index (κ3) is 4.69. The Balaban J connectivity index is 3.56. The molecule has 0 aliphatic carbocycles. The van der Waals surface area contributed by atoms with Gasteiger partial charge in [0.1, 0.15) is 10.6 Å². The van der Waals surface area contributed by atoms with Crippen LogP contribution >= 0.6 is 15.9 Å². The highest BCUT2D eigenvalue weighted by Crippen LogP contribution is 2.42. The maximum absolute atomic E-state index is 14.9. The quantitative estimate of drug-likeness (QED) is 0.531. The van der Waals surface area contributed by atoms with Crippen LogP contribution in [0.25, 0.3) is 0 Å². The van der Waals surface area contributed by atoms with Crippen molar-refractivity contribution in [3.8, 4) is 0 Å². The van der Waals surface area contributed by atoms with Crippen molar-refractivity contribution in [3.63, 3.8) is 0 Å². The molecule has 0 unspecified atom stereocenters. The van der Waals surface area contributed by atoms with Crippen molar-refractivity contribution < 1.29 is 27.3 Å². The third-order valence-corrected chi connectivity index (χ3v) is 5.68. The summed E-state index contributed by atoms with van der Waals surface area (Å²) < 4.78 is 62.8. The van der Waals surface area contributed by atoms with E-state index in [0.717, 1.165) is 19.1 Å². The number of esters is 1. The number of hydrogen-bond donors (Lipinski definition) is 1. The molecule has 2 atom stereocenters. The molecule has 1 rings (SSSR count). The summed E-state index contributed by atoms with van der Waals surface area (Å²) in [6, 6.07) is 3.44. The van der Waals surface area contributed by atoms with Crippen LogP contribution in [0.2, 0.25) is 0 Å². The van der Waals surface area contributed by atoms with E-state index in [4.69, 9.17) is 0 Å². The molecule has 0 spiro atoms. The molecule has 142 valence electrons. The van der Waals surface area contributed by atoms with E-state index in [1.807, 2.05) is 0 Å². The van der Waals surface area contributed by atoms with Gasteiger partial charge in [-0.3, -0.25) is 0 Å². The Bertz CT molecular complexity index is 640. The van der Waals surface area contributed by atoms with E-state index in [2.05, 4.69) is 25.4 Å². The second-order valence-electron chi connectivity index (χ2n) is 6.53. The number of halogens is 4. The molecular weight excluding hydrogens is 423 g/mol. The Labute approximate surface area is 156 Å². The van der Waals surface area contributed by atoms with Gasteiger partial charge in [-0.05, 0) is 52.8 Å². The minimum Gasteiger partial charge on any atom is -0.598 e. The molecule has 4 nitrogen and oxygen atoms in total. The Morgan fingerprint density at radius 3 is 2.36 bits per heavy atom. The molecule has 0 aliphatic heterocycles. The lowest BCUT2D eigenvalue weighted by atomic mass is 9.86. The Morgan fingerprint density at radius 2 is 1.88 bits per heavy atom. The van der Waals surface area contributed by atoms with Crippen LogP contribution in [0.5, 0.6) is 0 Å². The molecular formula is C16H21BrF3NO3S. The van der Waals surface area contributed by atoms with E-state index in [0.29, 0.717) is 4.47 Å². The lowest BCUT2D eigenvalue weighted by molar-refractivity contribution is -0.183. The lowest BCUT2D eigenvalue weighted by Gasteiger charge is -2.38. The summed E-state index contributed by atoms with van der Waals surface area (Å²) in [4.78, 5) is 11.9. The molecule has 0 saturated heterocycles. The van der Waals surface area contributed by atoms with Crippen molar-refractivity contribution in [2.45, 2.75) is 50.8 Å². The summed E-state index contributed by atoms with van der Waals surface area (Å²) in [5, 5.41) is 0. The normalized spacial score (nSPS) is 16.2. The molecule has 25 heavy (non-hydrogen) atoms. The Kier molecular flexibility index (Phi) is 7.00. The third-order valence-electron chi connectivity index (χ3n) is 3.48. The molecule has 0 amide bonds. The first-order chi connectivity index (χ1) is 11.3. The SMILES string of the molecule is CCOC(=O)C(F)(F)[C@](C)(N[S@+]([O-])C(C)(C)C)c1cc(Br)ccc1F. The number of ether oxygens (including phenoxy) is 1. The van der Waals surface area contributed by atoms with Crippen molar-refractivity contribution in [2.24, 2.45) is 0 Å². The zero-order chi connectivity index (χ0) is 19.6.